The number of carbonyl (C=O) groups excluding carboxylic acids is 1. The number of esters is 1. The molecule has 0 aliphatic carbocycles. The van der Waals surface area contributed by atoms with Crippen LogP contribution in [-0.2, 0) is 11.3 Å². The van der Waals surface area contributed by atoms with Crippen LogP contribution < -0.4 is 5.32 Å². The lowest BCUT2D eigenvalue weighted by Crippen LogP contribution is -2.05. The van der Waals surface area contributed by atoms with Crippen LogP contribution >= 0.6 is 27.5 Å². The predicted molar refractivity (Wildman–Crippen MR) is 84.2 cm³/mol. The molecule has 2 aromatic rings. The zero-order valence-corrected chi connectivity index (χ0v) is 13.5. The monoisotopic (exact) mass is 371 g/mol. The lowest BCUT2D eigenvalue weighted by atomic mass is 10.1. The van der Waals surface area contributed by atoms with Crippen LogP contribution in [0.4, 0.5) is 10.1 Å². The van der Waals surface area contributed by atoms with E-state index in [4.69, 9.17) is 11.6 Å². The number of ether oxygens (including phenoxy) is 1. The molecule has 0 radical (unpaired) electrons. The van der Waals surface area contributed by atoms with Crippen LogP contribution in [0.2, 0.25) is 5.02 Å². The molecule has 0 aliphatic heterocycles. The molecule has 0 heterocycles. The van der Waals surface area contributed by atoms with Gasteiger partial charge in [-0.05, 0) is 29.8 Å². The number of benzene rings is 2. The Morgan fingerprint density at radius 3 is 2.81 bits per heavy atom. The normalized spacial score (nSPS) is 10.3. The maximum absolute atomic E-state index is 13.8. The lowest BCUT2D eigenvalue weighted by Gasteiger charge is -2.10. The van der Waals surface area contributed by atoms with Gasteiger partial charge in [-0.2, -0.15) is 0 Å². The van der Waals surface area contributed by atoms with E-state index in [1.165, 1.54) is 13.2 Å². The highest BCUT2D eigenvalue weighted by Crippen LogP contribution is 2.24. The van der Waals surface area contributed by atoms with E-state index in [0.29, 0.717) is 17.8 Å². The summed E-state index contributed by atoms with van der Waals surface area (Å²) in [5.41, 5.74) is 1.65. The fraction of sp³-hybridized carbons (Fsp3) is 0.133. The van der Waals surface area contributed by atoms with Crippen molar-refractivity contribution in [1.82, 2.24) is 0 Å². The van der Waals surface area contributed by atoms with E-state index < -0.39 is 11.8 Å². The van der Waals surface area contributed by atoms with Gasteiger partial charge in [0.15, 0.2) is 5.82 Å². The highest BCUT2D eigenvalue weighted by Gasteiger charge is 2.10. The van der Waals surface area contributed by atoms with Crippen molar-refractivity contribution >= 4 is 39.2 Å². The average Bonchev–Trinajstić information content (AvgIpc) is 2.49. The molecule has 0 amide bonds. The quantitative estimate of drug-likeness (QED) is 0.795. The van der Waals surface area contributed by atoms with Gasteiger partial charge in [-0.25, -0.2) is 9.18 Å². The Morgan fingerprint density at radius 1 is 1.38 bits per heavy atom. The zero-order valence-electron chi connectivity index (χ0n) is 11.1. The van der Waals surface area contributed by atoms with Crippen molar-refractivity contribution in [1.29, 1.82) is 0 Å². The summed E-state index contributed by atoms with van der Waals surface area (Å²) >= 11 is 9.11. The van der Waals surface area contributed by atoms with E-state index in [2.05, 4.69) is 26.0 Å². The van der Waals surface area contributed by atoms with Gasteiger partial charge in [0, 0.05) is 11.0 Å². The maximum Gasteiger partial charge on any atom is 0.337 e. The highest BCUT2D eigenvalue weighted by atomic mass is 79.9. The molecule has 0 aromatic heterocycles. The van der Waals surface area contributed by atoms with Gasteiger partial charge in [0.2, 0.25) is 0 Å². The van der Waals surface area contributed by atoms with Crippen molar-refractivity contribution < 1.29 is 13.9 Å². The molecule has 0 bridgehead atoms. The Morgan fingerprint density at radius 2 is 2.14 bits per heavy atom. The topological polar surface area (TPSA) is 38.3 Å². The third kappa shape index (κ3) is 3.74. The second-order valence-electron chi connectivity index (χ2n) is 4.25. The molecule has 0 saturated carbocycles. The van der Waals surface area contributed by atoms with E-state index in [0.717, 1.165) is 10.0 Å². The summed E-state index contributed by atoms with van der Waals surface area (Å²) in [4.78, 5) is 11.4. The SMILES string of the molecule is COC(=O)c1ccc(CNc2cccc(Cl)c2F)c(Br)c1. The van der Waals surface area contributed by atoms with Crippen LogP contribution in [-0.4, -0.2) is 13.1 Å². The number of nitrogens with one attached hydrogen (secondary N) is 1. The van der Waals surface area contributed by atoms with Gasteiger partial charge in [-0.3, -0.25) is 0 Å². The first-order chi connectivity index (χ1) is 10.0. The summed E-state index contributed by atoms with van der Waals surface area (Å²) in [6.07, 6.45) is 0. The molecule has 2 rings (SSSR count). The summed E-state index contributed by atoms with van der Waals surface area (Å²) in [6, 6.07) is 9.86. The van der Waals surface area contributed by atoms with Crippen LogP contribution in [0, 0.1) is 5.82 Å². The molecule has 0 spiro atoms. The van der Waals surface area contributed by atoms with Crippen molar-refractivity contribution in [3.8, 4) is 0 Å². The fourth-order valence-electron chi connectivity index (χ4n) is 1.77. The number of anilines is 1. The number of halogens is 3. The van der Waals surface area contributed by atoms with Crippen molar-refractivity contribution in [2.45, 2.75) is 6.54 Å². The van der Waals surface area contributed by atoms with Crippen LogP contribution in [0.15, 0.2) is 40.9 Å². The fourth-order valence-corrected chi connectivity index (χ4v) is 2.46. The van der Waals surface area contributed by atoms with Gasteiger partial charge in [0.1, 0.15) is 0 Å². The molecule has 21 heavy (non-hydrogen) atoms. The molecule has 0 unspecified atom stereocenters. The van der Waals surface area contributed by atoms with Gasteiger partial charge in [-0.15, -0.1) is 0 Å². The number of hydrogen-bond donors (Lipinski definition) is 1. The highest BCUT2D eigenvalue weighted by molar-refractivity contribution is 9.10. The molecule has 110 valence electrons. The van der Waals surface area contributed by atoms with Crippen LogP contribution in [0.1, 0.15) is 15.9 Å². The summed E-state index contributed by atoms with van der Waals surface area (Å²) in [5.74, 6) is -0.891. The molecule has 0 atom stereocenters. The molecule has 3 nitrogen and oxygen atoms in total. The van der Waals surface area contributed by atoms with Crippen molar-refractivity contribution in [2.75, 3.05) is 12.4 Å². The first-order valence-corrected chi connectivity index (χ1v) is 7.24. The number of methoxy groups -OCH3 is 1. The van der Waals surface area contributed by atoms with Crippen molar-refractivity contribution in [3.05, 3.63) is 62.8 Å². The minimum atomic E-state index is -0.485. The third-order valence-corrected chi connectivity index (χ3v) is 3.93. The standard InChI is InChI=1S/C15H12BrClFNO2/c1-21-15(20)9-5-6-10(11(16)7-9)8-19-13-4-2-3-12(17)14(13)18/h2-7,19H,8H2,1H3. The predicted octanol–water partition coefficient (Wildman–Crippen LogP) is 4.64. The van der Waals surface area contributed by atoms with E-state index in [1.54, 1.807) is 30.3 Å². The van der Waals surface area contributed by atoms with Gasteiger partial charge < -0.3 is 10.1 Å². The number of carbonyl (C=O) groups is 1. The van der Waals surface area contributed by atoms with Gasteiger partial charge in [-0.1, -0.05) is 39.7 Å². The molecule has 1 N–H and O–H groups in total. The van der Waals surface area contributed by atoms with E-state index in [9.17, 15) is 9.18 Å². The van der Waals surface area contributed by atoms with Crippen LogP contribution in [0.3, 0.4) is 0 Å². The molecule has 2 aromatic carbocycles. The Kier molecular flexibility index (Phi) is 5.20. The first kappa shape index (κ1) is 15.8. The largest absolute Gasteiger partial charge is 0.465 e. The first-order valence-electron chi connectivity index (χ1n) is 6.07. The van der Waals surface area contributed by atoms with E-state index in [1.807, 2.05) is 0 Å². The zero-order chi connectivity index (χ0) is 15.4. The maximum atomic E-state index is 13.8. The molecule has 0 saturated heterocycles. The second kappa shape index (κ2) is 6.91. The molecule has 6 heteroatoms. The summed E-state index contributed by atoms with van der Waals surface area (Å²) in [7, 11) is 1.33. The molecule has 0 fully saturated rings. The molecular formula is C15H12BrClFNO2. The Hall–Kier alpha value is -1.59. The Bertz CT molecular complexity index is 679. The Labute approximate surface area is 135 Å². The van der Waals surface area contributed by atoms with Crippen molar-refractivity contribution in [3.63, 3.8) is 0 Å². The summed E-state index contributed by atoms with van der Waals surface area (Å²) in [5, 5.41) is 3.04. The number of rotatable bonds is 4. The van der Waals surface area contributed by atoms with Crippen LogP contribution in [0.25, 0.3) is 0 Å². The lowest BCUT2D eigenvalue weighted by molar-refractivity contribution is 0.0600. The van der Waals surface area contributed by atoms with Gasteiger partial charge >= 0.3 is 5.97 Å². The molecule has 0 aliphatic rings. The second-order valence-corrected chi connectivity index (χ2v) is 5.51. The smallest absolute Gasteiger partial charge is 0.337 e. The van der Waals surface area contributed by atoms with Crippen LogP contribution in [0.5, 0.6) is 0 Å². The number of hydrogen-bond acceptors (Lipinski definition) is 3. The average molecular weight is 373 g/mol. The summed E-state index contributed by atoms with van der Waals surface area (Å²) in [6.45, 7) is 0.388. The van der Waals surface area contributed by atoms with Crippen molar-refractivity contribution in [2.24, 2.45) is 0 Å². The summed E-state index contributed by atoms with van der Waals surface area (Å²) < 4.78 is 19.1. The molecular weight excluding hydrogens is 361 g/mol. The Balaban J connectivity index is 2.13. The minimum absolute atomic E-state index is 0.0695. The van der Waals surface area contributed by atoms with E-state index in [-0.39, 0.29) is 5.02 Å². The van der Waals surface area contributed by atoms with Gasteiger partial charge in [0.05, 0.1) is 23.4 Å². The van der Waals surface area contributed by atoms with Gasteiger partial charge in [0.25, 0.3) is 0 Å². The minimum Gasteiger partial charge on any atom is -0.465 e. The van der Waals surface area contributed by atoms with E-state index >= 15 is 0 Å². The third-order valence-electron chi connectivity index (χ3n) is 2.90.